The van der Waals surface area contributed by atoms with Gasteiger partial charge in [-0.1, -0.05) is 27.7 Å². The molecule has 0 amide bonds. The molecule has 1 heterocycles. The van der Waals surface area contributed by atoms with Crippen molar-refractivity contribution in [3.63, 3.8) is 0 Å². The van der Waals surface area contributed by atoms with Gasteiger partial charge in [-0.3, -0.25) is 0 Å². The lowest BCUT2D eigenvalue weighted by molar-refractivity contribution is 0.411. The molecule has 16 heavy (non-hydrogen) atoms. The second-order valence-corrected chi connectivity index (χ2v) is 3.43. The molecule has 0 radical (unpaired) electrons. The first kappa shape index (κ1) is 17.6. The number of nitrogens with zero attached hydrogens (tertiary/aromatic N) is 2. The van der Waals surface area contributed by atoms with Gasteiger partial charge in [0.25, 0.3) is 0 Å². The van der Waals surface area contributed by atoms with Gasteiger partial charge >= 0.3 is 0 Å². The summed E-state index contributed by atoms with van der Waals surface area (Å²) >= 11 is 3.33. The van der Waals surface area contributed by atoms with Crippen LogP contribution in [0.5, 0.6) is 5.75 Å². The number of methoxy groups -OCH3 is 1. The lowest BCUT2D eigenvalue weighted by Crippen LogP contribution is -2.10. The van der Waals surface area contributed by atoms with Gasteiger partial charge in [-0.05, 0) is 15.9 Å². The van der Waals surface area contributed by atoms with E-state index in [1.807, 2.05) is 52.8 Å². The Bertz CT molecular complexity index is 278. The van der Waals surface area contributed by atoms with E-state index in [4.69, 9.17) is 4.74 Å². The van der Waals surface area contributed by atoms with Crippen LogP contribution in [0.25, 0.3) is 0 Å². The molecule has 0 aliphatic rings. The number of rotatable bonds is 2. The van der Waals surface area contributed by atoms with Crippen molar-refractivity contribution in [3.05, 3.63) is 16.7 Å². The standard InChI is InChI=1S/C8H11BrN2O.2C2H6/c1-11(2)8-4-7(12-3)6(9)5-10-8;2*1-2/h4-5H,1-3H3;2*1-2H3. The Morgan fingerprint density at radius 3 is 2.06 bits per heavy atom. The molecule has 0 saturated heterocycles. The zero-order valence-corrected chi connectivity index (χ0v) is 12.9. The maximum absolute atomic E-state index is 5.12. The van der Waals surface area contributed by atoms with Gasteiger partial charge in [-0.25, -0.2) is 4.98 Å². The molecule has 0 saturated carbocycles. The topological polar surface area (TPSA) is 25.4 Å². The average molecular weight is 291 g/mol. The fourth-order valence-electron chi connectivity index (χ4n) is 0.811. The van der Waals surface area contributed by atoms with Crippen LogP contribution in [0, 0.1) is 0 Å². The van der Waals surface area contributed by atoms with Crippen molar-refractivity contribution < 1.29 is 4.74 Å². The van der Waals surface area contributed by atoms with Crippen LogP contribution in [0.2, 0.25) is 0 Å². The predicted molar refractivity (Wildman–Crippen MR) is 75.5 cm³/mol. The monoisotopic (exact) mass is 290 g/mol. The maximum Gasteiger partial charge on any atom is 0.138 e. The Hall–Kier alpha value is -0.770. The highest BCUT2D eigenvalue weighted by Gasteiger charge is 2.03. The minimum Gasteiger partial charge on any atom is -0.495 e. The minimum atomic E-state index is 0.800. The zero-order valence-electron chi connectivity index (χ0n) is 11.3. The Kier molecular flexibility index (Phi) is 11.8. The summed E-state index contributed by atoms with van der Waals surface area (Å²) in [6, 6.07) is 1.88. The zero-order chi connectivity index (χ0) is 13.1. The smallest absolute Gasteiger partial charge is 0.138 e. The number of anilines is 1. The molecule has 94 valence electrons. The quantitative estimate of drug-likeness (QED) is 0.824. The average Bonchev–Trinajstić information content (AvgIpc) is 2.34. The van der Waals surface area contributed by atoms with Gasteiger partial charge in [-0.15, -0.1) is 0 Å². The molecule has 1 rings (SSSR count). The van der Waals surface area contributed by atoms with Gasteiger partial charge < -0.3 is 9.64 Å². The SMILES string of the molecule is CC.CC.COc1cc(N(C)C)ncc1Br. The molecule has 0 spiro atoms. The predicted octanol–water partition coefficient (Wildman–Crippen LogP) is 3.97. The highest BCUT2D eigenvalue weighted by molar-refractivity contribution is 9.10. The molecule has 0 unspecified atom stereocenters. The van der Waals surface area contributed by atoms with E-state index >= 15 is 0 Å². The summed E-state index contributed by atoms with van der Waals surface area (Å²) in [6.07, 6.45) is 1.73. The highest BCUT2D eigenvalue weighted by Crippen LogP contribution is 2.26. The number of ether oxygens (including phenoxy) is 1. The number of aromatic nitrogens is 1. The van der Waals surface area contributed by atoms with Crippen LogP contribution in [0.3, 0.4) is 0 Å². The molecule has 1 aromatic rings. The summed E-state index contributed by atoms with van der Waals surface area (Å²) in [5.41, 5.74) is 0. The summed E-state index contributed by atoms with van der Waals surface area (Å²) in [5.74, 6) is 1.68. The molecular weight excluding hydrogens is 268 g/mol. The summed E-state index contributed by atoms with van der Waals surface area (Å²) in [6.45, 7) is 8.00. The van der Waals surface area contributed by atoms with E-state index < -0.39 is 0 Å². The largest absolute Gasteiger partial charge is 0.495 e. The molecule has 0 bridgehead atoms. The fraction of sp³-hybridized carbons (Fsp3) is 0.583. The third kappa shape index (κ3) is 5.95. The van der Waals surface area contributed by atoms with Crippen LogP contribution in [-0.2, 0) is 0 Å². The summed E-state index contributed by atoms with van der Waals surface area (Å²) in [7, 11) is 5.52. The number of pyridine rings is 1. The number of hydrogen-bond donors (Lipinski definition) is 0. The molecule has 0 aliphatic heterocycles. The fourth-order valence-corrected chi connectivity index (χ4v) is 1.19. The van der Waals surface area contributed by atoms with E-state index in [2.05, 4.69) is 20.9 Å². The third-order valence-electron chi connectivity index (χ3n) is 1.48. The van der Waals surface area contributed by atoms with Crippen molar-refractivity contribution >= 4 is 21.7 Å². The first-order valence-corrected chi connectivity index (χ1v) is 6.31. The van der Waals surface area contributed by atoms with E-state index in [9.17, 15) is 0 Å². The molecule has 4 heteroatoms. The lowest BCUT2D eigenvalue weighted by Gasteiger charge is -2.12. The van der Waals surface area contributed by atoms with Gasteiger partial charge in [0.2, 0.25) is 0 Å². The van der Waals surface area contributed by atoms with Gasteiger partial charge in [0.15, 0.2) is 0 Å². The highest BCUT2D eigenvalue weighted by atomic mass is 79.9. The second kappa shape index (κ2) is 10.7. The van der Waals surface area contributed by atoms with E-state index in [0.717, 1.165) is 16.0 Å². The molecule has 3 nitrogen and oxygen atoms in total. The van der Waals surface area contributed by atoms with Crippen LogP contribution < -0.4 is 9.64 Å². The molecule has 0 atom stereocenters. The van der Waals surface area contributed by atoms with Crippen LogP contribution >= 0.6 is 15.9 Å². The molecule has 0 N–H and O–H groups in total. The first-order chi connectivity index (χ1) is 7.65. The maximum atomic E-state index is 5.12. The van der Waals surface area contributed by atoms with Crippen molar-refractivity contribution in [1.82, 2.24) is 4.98 Å². The van der Waals surface area contributed by atoms with Crippen LogP contribution in [0.1, 0.15) is 27.7 Å². The molecule has 0 fully saturated rings. The lowest BCUT2D eigenvalue weighted by atomic mass is 10.4. The van der Waals surface area contributed by atoms with Gasteiger partial charge in [-0.2, -0.15) is 0 Å². The minimum absolute atomic E-state index is 0.800. The number of halogens is 1. The summed E-state index contributed by atoms with van der Waals surface area (Å²) in [4.78, 5) is 6.11. The van der Waals surface area contributed by atoms with E-state index in [1.165, 1.54) is 0 Å². The van der Waals surface area contributed by atoms with Crippen molar-refractivity contribution in [2.45, 2.75) is 27.7 Å². The van der Waals surface area contributed by atoms with Crippen molar-refractivity contribution in [1.29, 1.82) is 0 Å². The third-order valence-corrected chi connectivity index (χ3v) is 2.08. The Labute approximate surface area is 108 Å². The van der Waals surface area contributed by atoms with E-state index in [-0.39, 0.29) is 0 Å². The molecule has 0 aliphatic carbocycles. The molecular formula is C12H23BrN2O. The van der Waals surface area contributed by atoms with Gasteiger partial charge in [0.1, 0.15) is 11.6 Å². The Morgan fingerprint density at radius 2 is 1.69 bits per heavy atom. The first-order valence-electron chi connectivity index (χ1n) is 5.52. The van der Waals surface area contributed by atoms with Gasteiger partial charge in [0.05, 0.1) is 11.6 Å². The van der Waals surface area contributed by atoms with Crippen LogP contribution in [-0.4, -0.2) is 26.2 Å². The Morgan fingerprint density at radius 1 is 1.19 bits per heavy atom. The second-order valence-electron chi connectivity index (χ2n) is 2.57. The van der Waals surface area contributed by atoms with Crippen LogP contribution in [0.4, 0.5) is 5.82 Å². The number of hydrogen-bond acceptors (Lipinski definition) is 3. The van der Waals surface area contributed by atoms with E-state index in [0.29, 0.717) is 0 Å². The normalized spacial score (nSPS) is 8.00. The Balaban J connectivity index is 0. The van der Waals surface area contributed by atoms with Gasteiger partial charge in [0, 0.05) is 26.4 Å². The molecule has 1 aromatic heterocycles. The summed E-state index contributed by atoms with van der Waals surface area (Å²) in [5, 5.41) is 0. The summed E-state index contributed by atoms with van der Waals surface area (Å²) < 4.78 is 5.99. The van der Waals surface area contributed by atoms with E-state index in [1.54, 1.807) is 13.3 Å². The molecule has 0 aromatic carbocycles. The van der Waals surface area contributed by atoms with Crippen molar-refractivity contribution in [3.8, 4) is 5.75 Å². The van der Waals surface area contributed by atoms with Crippen molar-refractivity contribution in [2.24, 2.45) is 0 Å². The van der Waals surface area contributed by atoms with Crippen LogP contribution in [0.15, 0.2) is 16.7 Å². The van der Waals surface area contributed by atoms with Crippen molar-refractivity contribution in [2.75, 3.05) is 26.1 Å².